The molecule has 0 radical (unpaired) electrons. The van der Waals surface area contributed by atoms with Crippen LogP contribution >= 0.6 is 0 Å². The van der Waals surface area contributed by atoms with Crippen LogP contribution in [-0.4, -0.2) is 74.3 Å². The third kappa shape index (κ3) is 4.32. The van der Waals surface area contributed by atoms with E-state index >= 15 is 0 Å². The summed E-state index contributed by atoms with van der Waals surface area (Å²) in [6, 6.07) is 10.3. The zero-order valence-corrected chi connectivity index (χ0v) is 23.3. The third-order valence-corrected chi connectivity index (χ3v) is 8.92. The van der Waals surface area contributed by atoms with Gasteiger partial charge in [-0.2, -0.15) is 0 Å². The lowest BCUT2D eigenvalue weighted by Crippen LogP contribution is -2.46. The summed E-state index contributed by atoms with van der Waals surface area (Å²) in [7, 11) is 1.61. The molecule has 1 unspecified atom stereocenters. The maximum absolute atomic E-state index is 13.1. The molecule has 0 aromatic carbocycles. The van der Waals surface area contributed by atoms with Gasteiger partial charge in [0.1, 0.15) is 23.3 Å². The van der Waals surface area contributed by atoms with Crippen molar-refractivity contribution in [1.29, 1.82) is 0 Å². The van der Waals surface area contributed by atoms with E-state index in [1.165, 1.54) is 12.8 Å². The number of nitrogens with zero attached hydrogens (tertiary/aromatic N) is 6. The van der Waals surface area contributed by atoms with Crippen molar-refractivity contribution in [1.82, 2.24) is 28.7 Å². The first kappa shape index (κ1) is 25.1. The number of ether oxygens (including phenoxy) is 1. The summed E-state index contributed by atoms with van der Waals surface area (Å²) in [5.74, 6) is 1.48. The Balaban J connectivity index is 1.28. The summed E-state index contributed by atoms with van der Waals surface area (Å²) < 4.78 is 9.93. The van der Waals surface area contributed by atoms with Crippen LogP contribution in [0.5, 0.6) is 5.88 Å². The van der Waals surface area contributed by atoms with E-state index in [2.05, 4.69) is 22.8 Å². The monoisotopic (exact) mass is 540 g/mol. The summed E-state index contributed by atoms with van der Waals surface area (Å²) in [6.07, 6.45) is 7.56. The lowest BCUT2D eigenvalue weighted by Gasteiger charge is -2.35. The zero-order valence-electron chi connectivity index (χ0n) is 23.3. The van der Waals surface area contributed by atoms with Gasteiger partial charge in [0.25, 0.3) is 0 Å². The van der Waals surface area contributed by atoms with E-state index < -0.39 is 0 Å². The summed E-state index contributed by atoms with van der Waals surface area (Å²) in [6.45, 7) is 6.28. The molecule has 1 aliphatic carbocycles. The van der Waals surface area contributed by atoms with Crippen LogP contribution in [0.25, 0.3) is 28.1 Å². The number of hydrogen-bond acceptors (Lipinski definition) is 5. The molecule has 40 heavy (non-hydrogen) atoms. The van der Waals surface area contributed by atoms with Crippen molar-refractivity contribution in [2.24, 2.45) is 5.92 Å². The highest BCUT2D eigenvalue weighted by Gasteiger charge is 2.31. The number of likely N-dealkylation sites (tertiary alicyclic amines) is 2. The number of urea groups is 1. The Morgan fingerprint density at radius 3 is 2.58 bits per heavy atom. The first-order valence-corrected chi connectivity index (χ1v) is 14.6. The van der Waals surface area contributed by atoms with Gasteiger partial charge in [-0.15, -0.1) is 0 Å². The van der Waals surface area contributed by atoms with Crippen LogP contribution in [0.15, 0.2) is 30.3 Å². The number of fused-ring (bicyclic) bond motifs is 2. The van der Waals surface area contributed by atoms with E-state index in [4.69, 9.17) is 14.7 Å². The molecule has 208 valence electrons. The normalized spacial score (nSPS) is 19.6. The zero-order chi connectivity index (χ0) is 27.4. The highest BCUT2D eigenvalue weighted by Crippen LogP contribution is 2.38. The predicted molar refractivity (Wildman–Crippen MR) is 153 cm³/mol. The summed E-state index contributed by atoms with van der Waals surface area (Å²) >= 11 is 0. The molecule has 1 atom stereocenters. The number of carbonyl (C=O) groups excluding carboxylic acids is 2. The number of aldehydes is 1. The Morgan fingerprint density at radius 2 is 1.82 bits per heavy atom. The molecule has 1 saturated carbocycles. The smallest absolute Gasteiger partial charge is 0.320 e. The molecule has 3 fully saturated rings. The van der Waals surface area contributed by atoms with E-state index in [1.54, 1.807) is 19.2 Å². The minimum absolute atomic E-state index is 0.193. The first-order chi connectivity index (χ1) is 19.5. The van der Waals surface area contributed by atoms with Crippen molar-refractivity contribution in [3.63, 3.8) is 0 Å². The van der Waals surface area contributed by atoms with Gasteiger partial charge in [-0.3, -0.25) is 9.20 Å². The van der Waals surface area contributed by atoms with E-state index in [-0.39, 0.29) is 11.9 Å². The molecule has 9 nitrogen and oxygen atoms in total. The van der Waals surface area contributed by atoms with Gasteiger partial charge in [0.15, 0.2) is 5.88 Å². The molecule has 2 aliphatic heterocycles. The number of piperidine rings is 1. The molecule has 2 amide bonds. The van der Waals surface area contributed by atoms with Crippen LogP contribution in [0.2, 0.25) is 0 Å². The van der Waals surface area contributed by atoms with Crippen molar-refractivity contribution in [2.75, 3.05) is 33.3 Å². The van der Waals surface area contributed by atoms with E-state index in [1.807, 2.05) is 21.1 Å². The van der Waals surface area contributed by atoms with Gasteiger partial charge in [-0.05, 0) is 75.6 Å². The van der Waals surface area contributed by atoms with E-state index in [0.29, 0.717) is 23.0 Å². The Kier molecular flexibility index (Phi) is 6.24. The second kappa shape index (κ2) is 9.94. The second-order valence-corrected chi connectivity index (χ2v) is 11.7. The maximum Gasteiger partial charge on any atom is 0.320 e. The fourth-order valence-corrected chi connectivity index (χ4v) is 6.57. The molecule has 0 bridgehead atoms. The number of aromatic nitrogens is 4. The number of hydrogen-bond donors (Lipinski definition) is 0. The van der Waals surface area contributed by atoms with Crippen LogP contribution in [0.1, 0.15) is 66.2 Å². The molecule has 0 N–H and O–H groups in total. The molecule has 6 heterocycles. The Labute approximate surface area is 233 Å². The number of rotatable bonds is 6. The lowest BCUT2D eigenvalue weighted by molar-refractivity contribution is 0.112. The number of methoxy groups -OCH3 is 1. The van der Waals surface area contributed by atoms with Crippen molar-refractivity contribution in [2.45, 2.75) is 57.9 Å². The van der Waals surface area contributed by atoms with E-state index in [9.17, 15) is 9.59 Å². The van der Waals surface area contributed by atoms with Gasteiger partial charge in [-0.1, -0.05) is 0 Å². The van der Waals surface area contributed by atoms with Crippen molar-refractivity contribution >= 4 is 29.0 Å². The van der Waals surface area contributed by atoms with Crippen molar-refractivity contribution in [3.8, 4) is 17.3 Å². The van der Waals surface area contributed by atoms with Crippen LogP contribution in [0.3, 0.4) is 0 Å². The quantitative estimate of drug-likeness (QED) is 0.311. The van der Waals surface area contributed by atoms with Gasteiger partial charge in [0, 0.05) is 61.4 Å². The summed E-state index contributed by atoms with van der Waals surface area (Å²) in [5.41, 5.74) is 6.16. The van der Waals surface area contributed by atoms with Gasteiger partial charge in [0.05, 0.1) is 18.5 Å². The number of pyridine rings is 2. The molecule has 4 aromatic heterocycles. The molecule has 9 heteroatoms. The first-order valence-electron chi connectivity index (χ1n) is 14.6. The number of imidazole rings is 1. The SMILES string of the molecule is COc1cc(C=O)cc2nc(-c3cc4ccc(C5CCCN(C(=O)N6CCCC6)C5)nc4n3CC3CC3)c(C)n12. The highest BCUT2D eigenvalue weighted by atomic mass is 16.5. The second-order valence-electron chi connectivity index (χ2n) is 11.7. The molecule has 4 aromatic rings. The van der Waals surface area contributed by atoms with Gasteiger partial charge >= 0.3 is 6.03 Å². The largest absolute Gasteiger partial charge is 0.482 e. The fourth-order valence-electron chi connectivity index (χ4n) is 6.57. The maximum atomic E-state index is 13.1. The van der Waals surface area contributed by atoms with Crippen LogP contribution < -0.4 is 4.74 Å². The highest BCUT2D eigenvalue weighted by molar-refractivity contribution is 5.85. The number of carbonyl (C=O) groups is 2. The van der Waals surface area contributed by atoms with Gasteiger partial charge < -0.3 is 19.1 Å². The average molecular weight is 541 g/mol. The standard InChI is InChI=1S/C31H36N6O3/c1-20-29(33-27-14-22(19-38)15-28(40-2)37(20)27)26-16-23-9-10-25(32-30(23)36(26)17-21-7-8-21)24-6-5-13-35(18-24)31(39)34-11-3-4-12-34/h9-10,14-16,19,21,24H,3-8,11-13,17-18H2,1-2H3. The minimum Gasteiger partial charge on any atom is -0.482 e. The average Bonchev–Trinajstić information content (AvgIpc) is 3.36. The Hall–Kier alpha value is -3.88. The molecular weight excluding hydrogens is 504 g/mol. The number of amides is 2. The van der Waals surface area contributed by atoms with Crippen LogP contribution in [0, 0.1) is 12.8 Å². The Bertz CT molecular complexity index is 1610. The molecule has 2 saturated heterocycles. The fraction of sp³-hybridized carbons (Fsp3) is 0.484. The van der Waals surface area contributed by atoms with Crippen molar-refractivity contribution in [3.05, 3.63) is 47.3 Å². The third-order valence-electron chi connectivity index (χ3n) is 8.92. The molecule has 0 spiro atoms. The van der Waals surface area contributed by atoms with E-state index in [0.717, 1.165) is 98.5 Å². The minimum atomic E-state index is 0.193. The van der Waals surface area contributed by atoms with Gasteiger partial charge in [0.2, 0.25) is 0 Å². The topological polar surface area (TPSA) is 85.0 Å². The lowest BCUT2D eigenvalue weighted by atomic mass is 9.94. The molecular formula is C31H36N6O3. The van der Waals surface area contributed by atoms with Crippen LogP contribution in [0.4, 0.5) is 4.79 Å². The molecule has 7 rings (SSSR count). The van der Waals surface area contributed by atoms with Crippen LogP contribution in [-0.2, 0) is 6.54 Å². The van der Waals surface area contributed by atoms with Crippen molar-refractivity contribution < 1.29 is 14.3 Å². The number of aryl methyl sites for hydroxylation is 1. The summed E-state index contributed by atoms with van der Waals surface area (Å²) in [4.78, 5) is 39.0. The van der Waals surface area contributed by atoms with Gasteiger partial charge in [-0.25, -0.2) is 14.8 Å². The predicted octanol–water partition coefficient (Wildman–Crippen LogP) is 5.29. The molecule has 3 aliphatic rings. The summed E-state index contributed by atoms with van der Waals surface area (Å²) in [5, 5.41) is 1.09. The Morgan fingerprint density at radius 1 is 1.02 bits per heavy atom.